The van der Waals surface area contributed by atoms with E-state index in [9.17, 15) is 4.79 Å². The van der Waals surface area contributed by atoms with Crippen LogP contribution >= 0.6 is 11.3 Å². The van der Waals surface area contributed by atoms with Crippen LogP contribution in [-0.4, -0.2) is 12.5 Å². The molecule has 1 saturated carbocycles. The van der Waals surface area contributed by atoms with Crippen molar-refractivity contribution in [2.24, 2.45) is 16.7 Å². The number of thiophene rings is 1. The number of anilines is 1. The van der Waals surface area contributed by atoms with Gasteiger partial charge in [-0.05, 0) is 35.4 Å². The largest absolute Gasteiger partial charge is 0.317 e. The maximum atomic E-state index is 12.4. The molecule has 0 radical (unpaired) electrons. The number of carbonyl (C=O) groups is 1. The molecule has 1 aromatic rings. The summed E-state index contributed by atoms with van der Waals surface area (Å²) in [5.41, 5.74) is 1.61. The SMILES string of the molecule is CC1(C)C(C(=O)Nc2cc3c(s2)CNCC3)C1(C)C. The highest BCUT2D eigenvalue weighted by molar-refractivity contribution is 7.16. The third-order valence-corrected chi connectivity index (χ3v) is 6.38. The van der Waals surface area contributed by atoms with Crippen LogP contribution in [0.15, 0.2) is 6.07 Å². The van der Waals surface area contributed by atoms with Crippen LogP contribution in [0.2, 0.25) is 0 Å². The molecular weight excluding hydrogens is 256 g/mol. The van der Waals surface area contributed by atoms with Crippen molar-refractivity contribution in [2.75, 3.05) is 11.9 Å². The van der Waals surface area contributed by atoms with Gasteiger partial charge in [-0.25, -0.2) is 0 Å². The van der Waals surface area contributed by atoms with Gasteiger partial charge in [-0.2, -0.15) is 0 Å². The van der Waals surface area contributed by atoms with E-state index in [4.69, 9.17) is 0 Å². The van der Waals surface area contributed by atoms with Gasteiger partial charge in [0.2, 0.25) is 5.91 Å². The van der Waals surface area contributed by atoms with E-state index in [1.54, 1.807) is 11.3 Å². The lowest BCUT2D eigenvalue weighted by Gasteiger charge is -2.10. The molecule has 1 aromatic heterocycles. The van der Waals surface area contributed by atoms with Crippen LogP contribution in [0.1, 0.15) is 38.1 Å². The van der Waals surface area contributed by atoms with E-state index in [1.165, 1.54) is 10.4 Å². The van der Waals surface area contributed by atoms with Crippen molar-refractivity contribution in [2.45, 2.75) is 40.7 Å². The Kier molecular flexibility index (Phi) is 2.81. The normalized spacial score (nSPS) is 23.8. The first kappa shape index (κ1) is 13.1. The molecule has 3 rings (SSSR count). The number of hydrogen-bond acceptors (Lipinski definition) is 3. The topological polar surface area (TPSA) is 41.1 Å². The summed E-state index contributed by atoms with van der Waals surface area (Å²) in [5, 5.41) is 7.50. The van der Waals surface area contributed by atoms with E-state index in [2.05, 4.69) is 44.4 Å². The first-order valence-corrected chi connectivity index (χ1v) is 7.79. The first-order valence-electron chi connectivity index (χ1n) is 6.97. The highest BCUT2D eigenvalue weighted by Gasteiger charge is 2.68. The van der Waals surface area contributed by atoms with Gasteiger partial charge in [-0.3, -0.25) is 4.79 Å². The van der Waals surface area contributed by atoms with Crippen molar-refractivity contribution < 1.29 is 4.79 Å². The summed E-state index contributed by atoms with van der Waals surface area (Å²) in [6, 6.07) is 2.15. The Bertz CT molecular complexity index is 493. The van der Waals surface area contributed by atoms with Gasteiger partial charge in [-0.1, -0.05) is 27.7 Å². The highest BCUT2D eigenvalue weighted by atomic mass is 32.1. The Hall–Kier alpha value is -0.870. The second kappa shape index (κ2) is 4.06. The lowest BCUT2D eigenvalue weighted by atomic mass is 10.0. The van der Waals surface area contributed by atoms with Crippen LogP contribution in [0.3, 0.4) is 0 Å². The first-order chi connectivity index (χ1) is 8.84. The number of fused-ring (bicyclic) bond motifs is 1. The zero-order valence-electron chi connectivity index (χ0n) is 12.1. The average Bonchev–Trinajstić information content (AvgIpc) is 2.61. The van der Waals surface area contributed by atoms with Crippen molar-refractivity contribution >= 4 is 22.2 Å². The van der Waals surface area contributed by atoms with Gasteiger partial charge in [0.05, 0.1) is 5.00 Å². The maximum Gasteiger partial charge on any atom is 0.229 e. The lowest BCUT2D eigenvalue weighted by Crippen LogP contribution is -2.21. The zero-order chi connectivity index (χ0) is 13.8. The van der Waals surface area contributed by atoms with Crippen LogP contribution in [0, 0.1) is 16.7 Å². The molecular formula is C15H22N2OS. The Balaban J connectivity index is 1.73. The van der Waals surface area contributed by atoms with E-state index in [-0.39, 0.29) is 22.7 Å². The van der Waals surface area contributed by atoms with E-state index in [0.717, 1.165) is 24.5 Å². The summed E-state index contributed by atoms with van der Waals surface area (Å²) >= 11 is 1.71. The van der Waals surface area contributed by atoms with Gasteiger partial charge in [0.1, 0.15) is 0 Å². The standard InChI is InChI=1S/C15H22N2OS/c1-14(2)12(15(14,3)4)13(18)17-11-7-9-5-6-16-8-10(9)19-11/h7,12,16H,5-6,8H2,1-4H3,(H,17,18). The Morgan fingerprint density at radius 1 is 1.37 bits per heavy atom. The maximum absolute atomic E-state index is 12.4. The van der Waals surface area contributed by atoms with Gasteiger partial charge in [0.25, 0.3) is 0 Å². The van der Waals surface area contributed by atoms with Crippen LogP contribution in [-0.2, 0) is 17.8 Å². The van der Waals surface area contributed by atoms with Crippen molar-refractivity contribution in [1.82, 2.24) is 5.32 Å². The van der Waals surface area contributed by atoms with Gasteiger partial charge in [0.15, 0.2) is 0 Å². The second-order valence-corrected chi connectivity index (χ2v) is 7.99. The quantitative estimate of drug-likeness (QED) is 0.873. The number of hydrogen-bond donors (Lipinski definition) is 2. The van der Waals surface area contributed by atoms with Crippen molar-refractivity contribution in [1.29, 1.82) is 0 Å². The average molecular weight is 278 g/mol. The molecule has 0 unspecified atom stereocenters. The molecule has 1 aliphatic carbocycles. The molecule has 1 aliphatic heterocycles. The molecule has 0 bridgehead atoms. The summed E-state index contributed by atoms with van der Waals surface area (Å²) in [5.74, 6) is 0.304. The number of nitrogens with one attached hydrogen (secondary N) is 2. The fourth-order valence-electron chi connectivity index (χ4n) is 3.36. The smallest absolute Gasteiger partial charge is 0.229 e. The zero-order valence-corrected chi connectivity index (χ0v) is 12.9. The molecule has 2 aliphatic rings. The molecule has 0 atom stereocenters. The van der Waals surface area contributed by atoms with E-state index in [0.29, 0.717) is 0 Å². The minimum atomic E-state index is 0.107. The van der Waals surface area contributed by atoms with Gasteiger partial charge in [0, 0.05) is 17.3 Å². The fraction of sp³-hybridized carbons (Fsp3) is 0.667. The minimum absolute atomic E-state index is 0.107. The van der Waals surface area contributed by atoms with Crippen molar-refractivity contribution in [3.05, 3.63) is 16.5 Å². The highest BCUT2D eigenvalue weighted by Crippen LogP contribution is 2.68. The summed E-state index contributed by atoms with van der Waals surface area (Å²) in [6.45, 7) is 10.7. The summed E-state index contributed by atoms with van der Waals surface area (Å²) < 4.78 is 0. The molecule has 19 heavy (non-hydrogen) atoms. The van der Waals surface area contributed by atoms with Crippen LogP contribution in [0.5, 0.6) is 0 Å². The van der Waals surface area contributed by atoms with Crippen molar-refractivity contribution in [3.63, 3.8) is 0 Å². The van der Waals surface area contributed by atoms with E-state index < -0.39 is 0 Å². The third-order valence-electron chi connectivity index (χ3n) is 5.28. The van der Waals surface area contributed by atoms with Gasteiger partial charge >= 0.3 is 0 Å². The molecule has 4 heteroatoms. The molecule has 104 valence electrons. The number of carbonyl (C=O) groups excluding carboxylic acids is 1. The van der Waals surface area contributed by atoms with E-state index >= 15 is 0 Å². The van der Waals surface area contributed by atoms with Crippen LogP contribution < -0.4 is 10.6 Å². The predicted octanol–water partition coefficient (Wildman–Crippen LogP) is 3.01. The molecule has 2 heterocycles. The van der Waals surface area contributed by atoms with E-state index in [1.807, 2.05) is 0 Å². The summed E-state index contributed by atoms with van der Waals surface area (Å²) in [7, 11) is 0. The summed E-state index contributed by atoms with van der Waals surface area (Å²) in [4.78, 5) is 13.8. The van der Waals surface area contributed by atoms with Gasteiger partial charge < -0.3 is 10.6 Å². The lowest BCUT2D eigenvalue weighted by molar-refractivity contribution is -0.118. The molecule has 3 nitrogen and oxygen atoms in total. The Morgan fingerprint density at radius 3 is 2.63 bits per heavy atom. The summed E-state index contributed by atoms with van der Waals surface area (Å²) in [6.07, 6.45) is 1.07. The monoisotopic (exact) mass is 278 g/mol. The molecule has 1 amide bonds. The molecule has 2 N–H and O–H groups in total. The third kappa shape index (κ3) is 1.93. The van der Waals surface area contributed by atoms with Crippen LogP contribution in [0.25, 0.3) is 0 Å². The number of rotatable bonds is 2. The van der Waals surface area contributed by atoms with Crippen LogP contribution in [0.4, 0.5) is 5.00 Å². The molecule has 0 saturated heterocycles. The predicted molar refractivity (Wildman–Crippen MR) is 79.4 cm³/mol. The Labute approximate surface area is 118 Å². The molecule has 1 fully saturated rings. The molecule has 0 aromatic carbocycles. The minimum Gasteiger partial charge on any atom is -0.317 e. The number of amides is 1. The fourth-order valence-corrected chi connectivity index (χ4v) is 4.44. The molecule has 0 spiro atoms. The second-order valence-electron chi connectivity index (χ2n) is 6.85. The van der Waals surface area contributed by atoms with Crippen molar-refractivity contribution in [3.8, 4) is 0 Å². The van der Waals surface area contributed by atoms with Gasteiger partial charge in [-0.15, -0.1) is 11.3 Å². The Morgan fingerprint density at radius 2 is 2.05 bits per heavy atom.